The van der Waals surface area contributed by atoms with Crippen molar-refractivity contribution in [2.45, 2.75) is 31.0 Å². The Morgan fingerprint density at radius 1 is 1.41 bits per heavy atom. The quantitative estimate of drug-likeness (QED) is 0.626. The molecule has 0 aliphatic carbocycles. The smallest absolute Gasteiger partial charge is 0.254 e. The standard InChI is InChI=1S/C19H22FN3O3S/c1-12-15(18(25)22-19(21-12)27-2)7-8-17(24)23-9-10-26-16(11-23)13-3-5-14(20)6-4-13/h3-6,16H,7-11H2,1-2H3,(H,21,22,25). The monoisotopic (exact) mass is 391 g/mol. The number of aromatic nitrogens is 2. The first kappa shape index (κ1) is 19.6. The van der Waals surface area contributed by atoms with Crippen LogP contribution >= 0.6 is 11.8 Å². The molecule has 3 rings (SSSR count). The average Bonchev–Trinajstić information content (AvgIpc) is 2.67. The number of ether oxygens (including phenoxy) is 1. The molecule has 1 unspecified atom stereocenters. The summed E-state index contributed by atoms with van der Waals surface area (Å²) < 4.78 is 18.8. The number of H-pyrrole nitrogens is 1. The van der Waals surface area contributed by atoms with E-state index in [0.29, 0.717) is 42.5 Å². The van der Waals surface area contributed by atoms with Gasteiger partial charge in [-0.3, -0.25) is 9.59 Å². The Hall–Kier alpha value is -2.19. The Bertz CT molecular complexity index is 869. The number of nitrogens with zero attached hydrogens (tertiary/aromatic N) is 2. The number of benzene rings is 1. The van der Waals surface area contributed by atoms with Crippen molar-refractivity contribution in [2.75, 3.05) is 26.0 Å². The second-order valence-corrected chi connectivity index (χ2v) is 7.18. The SMILES string of the molecule is CSc1nc(C)c(CCC(=O)N2CCOC(c3ccc(F)cc3)C2)c(=O)[nH]1. The van der Waals surface area contributed by atoms with Crippen molar-refractivity contribution >= 4 is 17.7 Å². The molecule has 2 aromatic rings. The van der Waals surface area contributed by atoms with Gasteiger partial charge in [-0.25, -0.2) is 9.37 Å². The number of carbonyl (C=O) groups is 1. The highest BCUT2D eigenvalue weighted by Gasteiger charge is 2.25. The molecule has 1 amide bonds. The predicted molar refractivity (Wildman–Crippen MR) is 101 cm³/mol. The number of morpholine rings is 1. The molecule has 2 heterocycles. The Morgan fingerprint density at radius 3 is 2.81 bits per heavy atom. The summed E-state index contributed by atoms with van der Waals surface area (Å²) in [4.78, 5) is 33.6. The lowest BCUT2D eigenvalue weighted by Gasteiger charge is -2.33. The zero-order chi connectivity index (χ0) is 19.4. The van der Waals surface area contributed by atoms with Gasteiger partial charge in [0.25, 0.3) is 5.56 Å². The molecular formula is C19H22FN3O3S. The summed E-state index contributed by atoms with van der Waals surface area (Å²) in [7, 11) is 0. The van der Waals surface area contributed by atoms with Crippen LogP contribution in [0.1, 0.15) is 29.3 Å². The molecule has 1 aromatic carbocycles. The summed E-state index contributed by atoms with van der Waals surface area (Å²) in [6, 6.07) is 6.13. The Balaban J connectivity index is 1.63. The first-order valence-corrected chi connectivity index (χ1v) is 9.99. The lowest BCUT2D eigenvalue weighted by atomic mass is 10.1. The van der Waals surface area contributed by atoms with Gasteiger partial charge in [0.05, 0.1) is 13.2 Å². The van der Waals surface area contributed by atoms with Crippen LogP contribution in [-0.2, 0) is 16.0 Å². The van der Waals surface area contributed by atoms with Crippen LogP contribution in [0.4, 0.5) is 4.39 Å². The fraction of sp³-hybridized carbons (Fsp3) is 0.421. The minimum Gasteiger partial charge on any atom is -0.370 e. The Labute approximate surface area is 161 Å². The normalized spacial score (nSPS) is 17.1. The number of hydrogen-bond acceptors (Lipinski definition) is 5. The van der Waals surface area contributed by atoms with Gasteiger partial charge in [0, 0.05) is 24.2 Å². The predicted octanol–water partition coefficient (Wildman–Crippen LogP) is 2.47. The molecule has 8 heteroatoms. The van der Waals surface area contributed by atoms with Crippen molar-refractivity contribution in [1.82, 2.24) is 14.9 Å². The molecule has 0 bridgehead atoms. The highest BCUT2D eigenvalue weighted by Crippen LogP contribution is 2.23. The van der Waals surface area contributed by atoms with Crippen molar-refractivity contribution in [3.05, 3.63) is 57.3 Å². The zero-order valence-corrected chi connectivity index (χ0v) is 16.1. The number of carbonyl (C=O) groups excluding carboxylic acids is 1. The molecular weight excluding hydrogens is 369 g/mol. The summed E-state index contributed by atoms with van der Waals surface area (Å²) >= 11 is 1.37. The van der Waals surface area contributed by atoms with Crippen molar-refractivity contribution in [3.63, 3.8) is 0 Å². The number of aromatic amines is 1. The summed E-state index contributed by atoms with van der Waals surface area (Å²) in [5.74, 6) is -0.331. The molecule has 0 spiro atoms. The fourth-order valence-electron chi connectivity index (χ4n) is 3.12. The fourth-order valence-corrected chi connectivity index (χ4v) is 3.54. The number of rotatable bonds is 5. The van der Waals surface area contributed by atoms with E-state index in [0.717, 1.165) is 5.56 Å². The van der Waals surface area contributed by atoms with Crippen LogP contribution in [0.5, 0.6) is 0 Å². The maximum Gasteiger partial charge on any atom is 0.254 e. The van der Waals surface area contributed by atoms with E-state index < -0.39 is 0 Å². The van der Waals surface area contributed by atoms with E-state index in [-0.39, 0.29) is 29.8 Å². The van der Waals surface area contributed by atoms with Gasteiger partial charge in [0.1, 0.15) is 11.9 Å². The van der Waals surface area contributed by atoms with Crippen LogP contribution in [0, 0.1) is 12.7 Å². The van der Waals surface area contributed by atoms with Crippen LogP contribution in [0.2, 0.25) is 0 Å². The number of thioether (sulfide) groups is 1. The topological polar surface area (TPSA) is 75.3 Å². The van der Waals surface area contributed by atoms with Gasteiger partial charge in [-0.05, 0) is 37.3 Å². The van der Waals surface area contributed by atoms with Gasteiger partial charge >= 0.3 is 0 Å². The number of halogens is 1. The van der Waals surface area contributed by atoms with Gasteiger partial charge < -0.3 is 14.6 Å². The van der Waals surface area contributed by atoms with E-state index in [1.807, 2.05) is 6.26 Å². The Kier molecular flexibility index (Phi) is 6.28. The minimum absolute atomic E-state index is 0.0295. The van der Waals surface area contributed by atoms with Crippen LogP contribution in [-0.4, -0.2) is 46.7 Å². The van der Waals surface area contributed by atoms with E-state index in [1.54, 1.807) is 24.0 Å². The van der Waals surface area contributed by atoms with E-state index >= 15 is 0 Å². The van der Waals surface area contributed by atoms with Crippen molar-refractivity contribution < 1.29 is 13.9 Å². The molecule has 27 heavy (non-hydrogen) atoms. The molecule has 1 aromatic heterocycles. The number of hydrogen-bond donors (Lipinski definition) is 1. The maximum absolute atomic E-state index is 13.1. The van der Waals surface area contributed by atoms with Crippen molar-refractivity contribution in [1.29, 1.82) is 0 Å². The van der Waals surface area contributed by atoms with Crippen LogP contribution in [0.25, 0.3) is 0 Å². The molecule has 144 valence electrons. The molecule has 0 saturated carbocycles. The highest BCUT2D eigenvalue weighted by molar-refractivity contribution is 7.98. The second-order valence-electron chi connectivity index (χ2n) is 6.39. The molecule has 1 saturated heterocycles. The third-order valence-electron chi connectivity index (χ3n) is 4.64. The highest BCUT2D eigenvalue weighted by atomic mass is 32.2. The summed E-state index contributed by atoms with van der Waals surface area (Å²) in [5.41, 5.74) is 1.86. The van der Waals surface area contributed by atoms with E-state index in [1.165, 1.54) is 23.9 Å². The van der Waals surface area contributed by atoms with E-state index in [2.05, 4.69) is 9.97 Å². The third kappa shape index (κ3) is 4.75. The van der Waals surface area contributed by atoms with Crippen molar-refractivity contribution in [2.24, 2.45) is 0 Å². The molecule has 1 atom stereocenters. The molecule has 1 aliphatic rings. The minimum atomic E-state index is -0.302. The number of aryl methyl sites for hydroxylation is 1. The second kappa shape index (κ2) is 8.67. The lowest BCUT2D eigenvalue weighted by Crippen LogP contribution is -2.42. The summed E-state index contributed by atoms with van der Waals surface area (Å²) in [6.07, 6.45) is 2.16. The lowest BCUT2D eigenvalue weighted by molar-refractivity contribution is -0.139. The Morgan fingerprint density at radius 2 is 2.15 bits per heavy atom. The number of amides is 1. The average molecular weight is 391 g/mol. The van der Waals surface area contributed by atoms with Gasteiger partial charge in [-0.1, -0.05) is 23.9 Å². The third-order valence-corrected chi connectivity index (χ3v) is 5.22. The van der Waals surface area contributed by atoms with Gasteiger partial charge in [-0.15, -0.1) is 0 Å². The van der Waals surface area contributed by atoms with Crippen LogP contribution in [0.15, 0.2) is 34.2 Å². The zero-order valence-electron chi connectivity index (χ0n) is 15.3. The molecule has 6 nitrogen and oxygen atoms in total. The molecule has 1 fully saturated rings. The van der Waals surface area contributed by atoms with E-state index in [9.17, 15) is 14.0 Å². The molecule has 1 N–H and O–H groups in total. The first-order valence-electron chi connectivity index (χ1n) is 8.76. The maximum atomic E-state index is 13.1. The summed E-state index contributed by atoms with van der Waals surface area (Å²) in [6.45, 7) is 3.14. The first-order chi connectivity index (χ1) is 13.0. The van der Waals surface area contributed by atoms with Gasteiger partial charge in [0.15, 0.2) is 5.16 Å². The van der Waals surface area contributed by atoms with Crippen molar-refractivity contribution in [3.8, 4) is 0 Å². The van der Waals surface area contributed by atoms with E-state index in [4.69, 9.17) is 4.74 Å². The molecule has 0 radical (unpaired) electrons. The van der Waals surface area contributed by atoms with Crippen LogP contribution in [0.3, 0.4) is 0 Å². The van der Waals surface area contributed by atoms with Gasteiger partial charge in [-0.2, -0.15) is 0 Å². The van der Waals surface area contributed by atoms with Gasteiger partial charge in [0.2, 0.25) is 5.91 Å². The van der Waals surface area contributed by atoms with Crippen LogP contribution < -0.4 is 5.56 Å². The summed E-state index contributed by atoms with van der Waals surface area (Å²) in [5, 5.41) is 0.572. The largest absolute Gasteiger partial charge is 0.370 e. The number of nitrogens with one attached hydrogen (secondary N) is 1. The molecule has 1 aliphatic heterocycles.